The fourth-order valence-corrected chi connectivity index (χ4v) is 3.64. The Morgan fingerprint density at radius 3 is 2.71 bits per heavy atom. The number of halogens is 1. The predicted molar refractivity (Wildman–Crippen MR) is 111 cm³/mol. The van der Waals surface area contributed by atoms with Gasteiger partial charge < -0.3 is 9.40 Å². The van der Waals surface area contributed by atoms with E-state index in [1.165, 1.54) is 6.07 Å². The monoisotopic (exact) mass is 387 g/mol. The number of fused-ring (bicyclic) bond motifs is 2. The Bertz CT molecular complexity index is 1370. The van der Waals surface area contributed by atoms with Crippen molar-refractivity contribution < 1.29 is 4.42 Å². The van der Waals surface area contributed by atoms with Crippen molar-refractivity contribution in [3.8, 4) is 22.6 Å². The minimum Gasteiger partial charge on any atom is -0.454 e. The van der Waals surface area contributed by atoms with Crippen LogP contribution in [0, 0.1) is 6.92 Å². The van der Waals surface area contributed by atoms with Crippen molar-refractivity contribution in [2.75, 3.05) is 0 Å². The van der Waals surface area contributed by atoms with Crippen molar-refractivity contribution in [2.24, 2.45) is 0 Å². The number of aromatic amines is 1. The highest BCUT2D eigenvalue weighted by atomic mass is 35.5. The van der Waals surface area contributed by atoms with Gasteiger partial charge in [-0.3, -0.25) is 4.79 Å². The van der Waals surface area contributed by atoms with Crippen molar-refractivity contribution >= 4 is 33.6 Å². The molecule has 5 nitrogen and oxygen atoms in total. The van der Waals surface area contributed by atoms with Gasteiger partial charge in [-0.05, 0) is 42.8 Å². The van der Waals surface area contributed by atoms with Crippen molar-refractivity contribution in [2.45, 2.75) is 6.92 Å². The van der Waals surface area contributed by atoms with E-state index in [1.54, 1.807) is 12.3 Å². The molecule has 0 saturated carbocycles. The third-order valence-corrected chi connectivity index (χ3v) is 4.83. The highest BCUT2D eigenvalue weighted by Gasteiger charge is 2.17. The van der Waals surface area contributed by atoms with E-state index in [0.29, 0.717) is 27.6 Å². The van der Waals surface area contributed by atoms with Gasteiger partial charge in [-0.25, -0.2) is 9.97 Å². The van der Waals surface area contributed by atoms with Crippen LogP contribution >= 0.6 is 11.6 Å². The van der Waals surface area contributed by atoms with Crippen LogP contribution in [0.5, 0.6) is 0 Å². The van der Waals surface area contributed by atoms with Crippen LogP contribution in [0.15, 0.2) is 70.0 Å². The summed E-state index contributed by atoms with van der Waals surface area (Å²) in [5, 5.41) is 1.87. The number of hydrogen-bond acceptors (Lipinski definition) is 4. The molecule has 0 bridgehead atoms. The number of furan rings is 1. The van der Waals surface area contributed by atoms with Gasteiger partial charge in [0.25, 0.3) is 0 Å². The van der Waals surface area contributed by atoms with Crippen LogP contribution < -0.4 is 5.43 Å². The van der Waals surface area contributed by atoms with Crippen LogP contribution in [-0.2, 0) is 0 Å². The van der Waals surface area contributed by atoms with E-state index in [9.17, 15) is 4.79 Å². The molecule has 0 aliphatic rings. The Labute approximate surface area is 164 Å². The summed E-state index contributed by atoms with van der Waals surface area (Å²) in [7, 11) is 0. The number of nitrogens with one attached hydrogen (secondary N) is 1. The Kier molecular flexibility index (Phi) is 3.77. The SMILES string of the molecule is Cc1cc(-c2cc3c(=O)cc[nH]c3nc2-c2cc3ccccc3o2)cc(Cl)n1. The molecule has 0 aliphatic carbocycles. The van der Waals surface area contributed by atoms with Gasteiger partial charge in [0.05, 0.1) is 5.39 Å². The number of benzene rings is 1. The van der Waals surface area contributed by atoms with Gasteiger partial charge in [-0.1, -0.05) is 29.8 Å². The second-order valence-corrected chi connectivity index (χ2v) is 6.98. The van der Waals surface area contributed by atoms with Crippen LogP contribution in [0.4, 0.5) is 0 Å². The topological polar surface area (TPSA) is 71.8 Å². The fraction of sp³-hybridized carbons (Fsp3) is 0.0455. The Morgan fingerprint density at radius 1 is 1.04 bits per heavy atom. The van der Waals surface area contributed by atoms with Gasteiger partial charge in [0.1, 0.15) is 22.1 Å². The molecule has 0 saturated heterocycles. The molecule has 0 spiro atoms. The zero-order valence-electron chi connectivity index (χ0n) is 14.9. The second kappa shape index (κ2) is 6.32. The van der Waals surface area contributed by atoms with Gasteiger partial charge >= 0.3 is 0 Å². The summed E-state index contributed by atoms with van der Waals surface area (Å²) >= 11 is 6.19. The first-order valence-corrected chi connectivity index (χ1v) is 9.12. The highest BCUT2D eigenvalue weighted by Crippen LogP contribution is 2.36. The van der Waals surface area contributed by atoms with Gasteiger partial charge in [-0.15, -0.1) is 0 Å². The summed E-state index contributed by atoms with van der Waals surface area (Å²) in [5.74, 6) is 0.619. The molecule has 0 unspecified atom stereocenters. The molecule has 5 aromatic rings. The molecule has 4 aromatic heterocycles. The van der Waals surface area contributed by atoms with Crippen LogP contribution in [0.2, 0.25) is 5.15 Å². The van der Waals surface area contributed by atoms with Gasteiger partial charge in [-0.2, -0.15) is 0 Å². The zero-order valence-corrected chi connectivity index (χ0v) is 15.6. The summed E-state index contributed by atoms with van der Waals surface area (Å²) < 4.78 is 6.05. The molecule has 28 heavy (non-hydrogen) atoms. The summed E-state index contributed by atoms with van der Waals surface area (Å²) in [6.45, 7) is 1.87. The van der Waals surface area contributed by atoms with Gasteiger partial charge in [0.2, 0.25) is 0 Å². The number of aromatic nitrogens is 3. The van der Waals surface area contributed by atoms with E-state index in [1.807, 2.05) is 49.4 Å². The maximum absolute atomic E-state index is 12.4. The first-order chi connectivity index (χ1) is 13.6. The molecule has 0 aliphatic heterocycles. The minimum atomic E-state index is -0.101. The first-order valence-electron chi connectivity index (χ1n) is 8.74. The van der Waals surface area contributed by atoms with E-state index in [2.05, 4.69) is 9.97 Å². The molecule has 5 rings (SSSR count). The standard InChI is InChI=1S/C22H14ClN3O2/c1-12-8-14(10-20(23)25-12)15-11-16-17(27)6-7-24-22(16)26-21(15)19-9-13-4-2-3-5-18(13)28-19/h2-11H,1H3,(H,24,26,27). The normalized spacial score (nSPS) is 11.4. The van der Waals surface area contributed by atoms with Crippen LogP contribution in [-0.4, -0.2) is 15.0 Å². The third-order valence-electron chi connectivity index (χ3n) is 4.63. The van der Waals surface area contributed by atoms with Crippen molar-refractivity contribution in [3.63, 3.8) is 0 Å². The molecule has 1 aromatic carbocycles. The van der Waals surface area contributed by atoms with Crippen LogP contribution in [0.1, 0.15) is 5.69 Å². The average molecular weight is 388 g/mol. The molecule has 1 N–H and O–H groups in total. The summed E-state index contributed by atoms with van der Waals surface area (Å²) in [4.78, 5) is 24.4. The maximum Gasteiger partial charge on any atom is 0.191 e. The molecule has 0 radical (unpaired) electrons. The Balaban J connectivity index is 1.87. The predicted octanol–water partition coefficient (Wildman–Crippen LogP) is 5.36. The van der Waals surface area contributed by atoms with E-state index in [0.717, 1.165) is 27.8 Å². The maximum atomic E-state index is 12.4. The lowest BCUT2D eigenvalue weighted by molar-refractivity contribution is 0.629. The summed E-state index contributed by atoms with van der Waals surface area (Å²) in [6.07, 6.45) is 1.59. The lowest BCUT2D eigenvalue weighted by Crippen LogP contribution is -2.03. The van der Waals surface area contributed by atoms with E-state index >= 15 is 0 Å². The number of H-pyrrole nitrogens is 1. The number of rotatable bonds is 2. The Morgan fingerprint density at radius 2 is 1.89 bits per heavy atom. The molecule has 0 amide bonds. The minimum absolute atomic E-state index is 0.101. The molecule has 0 atom stereocenters. The van der Waals surface area contributed by atoms with Gasteiger partial charge in [0.15, 0.2) is 11.2 Å². The largest absolute Gasteiger partial charge is 0.454 e. The van der Waals surface area contributed by atoms with E-state index in [4.69, 9.17) is 21.0 Å². The fourth-order valence-electron chi connectivity index (χ4n) is 3.39. The smallest absolute Gasteiger partial charge is 0.191 e. The number of hydrogen-bond donors (Lipinski definition) is 1. The molecular weight excluding hydrogens is 374 g/mol. The van der Waals surface area contributed by atoms with Crippen LogP contribution in [0.25, 0.3) is 44.6 Å². The number of pyridine rings is 3. The summed E-state index contributed by atoms with van der Waals surface area (Å²) in [5.41, 5.74) is 4.17. The lowest BCUT2D eigenvalue weighted by Gasteiger charge is -2.10. The Hall–Kier alpha value is -3.44. The average Bonchev–Trinajstić information content (AvgIpc) is 3.11. The highest BCUT2D eigenvalue weighted by molar-refractivity contribution is 6.29. The molecule has 136 valence electrons. The molecular formula is C22H14ClN3O2. The quantitative estimate of drug-likeness (QED) is 0.414. The van der Waals surface area contributed by atoms with Crippen molar-refractivity contribution in [3.05, 3.63) is 81.9 Å². The molecule has 0 fully saturated rings. The van der Waals surface area contributed by atoms with Crippen molar-refractivity contribution in [1.82, 2.24) is 15.0 Å². The number of aryl methyl sites for hydroxylation is 1. The molecule has 4 heterocycles. The van der Waals surface area contributed by atoms with Gasteiger partial charge in [0, 0.05) is 28.9 Å². The number of nitrogens with zero attached hydrogens (tertiary/aromatic N) is 2. The van der Waals surface area contributed by atoms with E-state index < -0.39 is 0 Å². The molecule has 6 heteroatoms. The first kappa shape index (κ1) is 16.7. The number of para-hydroxylation sites is 1. The van der Waals surface area contributed by atoms with Crippen LogP contribution in [0.3, 0.4) is 0 Å². The van der Waals surface area contributed by atoms with Crippen molar-refractivity contribution in [1.29, 1.82) is 0 Å². The zero-order chi connectivity index (χ0) is 19.3. The third kappa shape index (κ3) is 2.77. The lowest BCUT2D eigenvalue weighted by atomic mass is 10.0. The summed E-state index contributed by atoms with van der Waals surface area (Å²) in [6, 6.07) is 16.7. The second-order valence-electron chi connectivity index (χ2n) is 6.59. The van der Waals surface area contributed by atoms with E-state index in [-0.39, 0.29) is 5.43 Å².